The Balaban J connectivity index is 0.000000956. The number of carbonyl (C=O) groups is 1. The van der Waals surface area contributed by atoms with E-state index in [1.54, 1.807) is 18.2 Å². The molecule has 2 aromatic carbocycles. The van der Waals surface area contributed by atoms with Crippen LogP contribution in [0.5, 0.6) is 0 Å². The minimum Gasteiger partial charge on any atom is -0.307 e. The van der Waals surface area contributed by atoms with Gasteiger partial charge in [0.1, 0.15) is 11.7 Å². The Morgan fingerprint density at radius 3 is 2.40 bits per heavy atom. The fourth-order valence-corrected chi connectivity index (χ4v) is 2.95. The maximum Gasteiger partial charge on any atom is 0.297 e. The molecule has 0 atom stereocenters. The average Bonchev–Trinajstić information content (AvgIpc) is 2.49. The molecule has 0 saturated heterocycles. The molecule has 108 valence electrons. The molecule has 2 rings (SSSR count). The maximum absolute atomic E-state index is 12.1. The lowest BCUT2D eigenvalue weighted by Gasteiger charge is -2.08. The van der Waals surface area contributed by atoms with Gasteiger partial charge in [-0.1, -0.05) is 49.7 Å². The summed E-state index contributed by atoms with van der Waals surface area (Å²) < 4.78 is 29.2. The summed E-state index contributed by atoms with van der Waals surface area (Å²) in [6.07, 6.45) is 1.65. The molecule has 0 heterocycles. The number of benzene rings is 2. The van der Waals surface area contributed by atoms with E-state index in [9.17, 15) is 8.42 Å². The van der Waals surface area contributed by atoms with E-state index >= 15 is 0 Å². The van der Waals surface area contributed by atoms with Crippen molar-refractivity contribution >= 4 is 27.7 Å². The number of unbranched alkanes of at least 4 members (excludes halogenated alkanes) is 1. The van der Waals surface area contributed by atoms with E-state index in [0.717, 1.165) is 18.2 Å². The highest BCUT2D eigenvalue weighted by Gasteiger charge is 2.17. The lowest BCUT2D eigenvalue weighted by Crippen LogP contribution is -2.08. The van der Waals surface area contributed by atoms with Crippen LogP contribution in [0.4, 0.5) is 0 Å². The quantitative estimate of drug-likeness (QED) is 0.628. The molecule has 4 nitrogen and oxygen atoms in total. The monoisotopic (exact) mass is 294 g/mol. The Bertz CT molecular complexity index is 644. The number of carbonyl (C=O) groups excluding carboxylic acids is 1. The third kappa shape index (κ3) is 3.88. The Morgan fingerprint density at radius 2 is 1.70 bits per heavy atom. The Hall–Kier alpha value is -1.72. The number of fused-ring (bicyclic) bond motifs is 1. The van der Waals surface area contributed by atoms with Gasteiger partial charge >= 0.3 is 0 Å². The van der Waals surface area contributed by atoms with Crippen LogP contribution in [0.15, 0.2) is 47.4 Å². The average molecular weight is 294 g/mol. The van der Waals surface area contributed by atoms with Crippen molar-refractivity contribution in [3.63, 3.8) is 0 Å². The molecule has 0 amide bonds. The lowest BCUT2D eigenvalue weighted by atomic mass is 10.1. The summed E-state index contributed by atoms with van der Waals surface area (Å²) in [6.45, 7) is 4.23. The van der Waals surface area contributed by atoms with Gasteiger partial charge in [0.25, 0.3) is 10.1 Å². The normalized spacial score (nSPS) is 10.8. The van der Waals surface area contributed by atoms with Crippen LogP contribution in [-0.2, 0) is 19.1 Å². The second-order valence-corrected chi connectivity index (χ2v) is 5.69. The van der Waals surface area contributed by atoms with Gasteiger partial charge in [0.05, 0.1) is 6.61 Å². The van der Waals surface area contributed by atoms with Crippen molar-refractivity contribution in [2.24, 2.45) is 0 Å². The minimum absolute atomic E-state index is 0.238. The highest BCUT2D eigenvalue weighted by Crippen LogP contribution is 2.24. The lowest BCUT2D eigenvalue weighted by molar-refractivity contribution is -0.0979. The highest BCUT2D eigenvalue weighted by molar-refractivity contribution is 7.87. The molecule has 0 unspecified atom stereocenters. The summed E-state index contributed by atoms with van der Waals surface area (Å²) in [6, 6.07) is 12.6. The molecule has 0 bridgehead atoms. The smallest absolute Gasteiger partial charge is 0.297 e. The summed E-state index contributed by atoms with van der Waals surface area (Å²) in [7, 11) is -3.66. The molecular formula is C15H18O4S. The van der Waals surface area contributed by atoms with Gasteiger partial charge in [-0.05, 0) is 17.9 Å². The zero-order valence-electron chi connectivity index (χ0n) is 11.4. The predicted molar refractivity (Wildman–Crippen MR) is 79.1 cm³/mol. The molecular weight excluding hydrogens is 276 g/mol. The summed E-state index contributed by atoms with van der Waals surface area (Å²) in [5, 5.41) is 1.61. The molecule has 0 aliphatic rings. The first-order valence-electron chi connectivity index (χ1n) is 6.31. The zero-order chi connectivity index (χ0) is 15.0. The number of hydrogen-bond acceptors (Lipinski definition) is 4. The molecule has 0 radical (unpaired) electrons. The van der Waals surface area contributed by atoms with Crippen molar-refractivity contribution in [3.05, 3.63) is 42.5 Å². The van der Waals surface area contributed by atoms with Gasteiger partial charge in [-0.2, -0.15) is 8.42 Å². The van der Waals surface area contributed by atoms with Crippen molar-refractivity contribution < 1.29 is 17.4 Å². The first-order valence-corrected chi connectivity index (χ1v) is 7.72. The van der Waals surface area contributed by atoms with E-state index in [1.165, 1.54) is 0 Å². The van der Waals surface area contributed by atoms with Crippen LogP contribution in [0, 0.1) is 0 Å². The number of hydrogen-bond donors (Lipinski definition) is 0. The SMILES string of the molecule is C=O.CCCCOS(=O)(=O)c1cccc2ccccc12. The predicted octanol–water partition coefficient (Wildman–Crippen LogP) is 3.16. The summed E-state index contributed by atoms with van der Waals surface area (Å²) in [5.41, 5.74) is 0. The van der Waals surface area contributed by atoms with Gasteiger partial charge in [-0.25, -0.2) is 0 Å². The second kappa shape index (κ2) is 7.77. The molecule has 20 heavy (non-hydrogen) atoms. The fraction of sp³-hybridized carbons (Fsp3) is 0.267. The number of rotatable bonds is 5. The molecule has 0 saturated carbocycles. The van der Waals surface area contributed by atoms with Crippen molar-refractivity contribution in [2.75, 3.05) is 6.61 Å². The van der Waals surface area contributed by atoms with Gasteiger partial charge in [0.15, 0.2) is 0 Å². The maximum atomic E-state index is 12.1. The molecule has 0 aromatic heterocycles. The van der Waals surface area contributed by atoms with Crippen LogP contribution in [0.25, 0.3) is 10.8 Å². The van der Waals surface area contributed by atoms with Crippen molar-refractivity contribution in [1.29, 1.82) is 0 Å². The van der Waals surface area contributed by atoms with Crippen molar-refractivity contribution in [3.8, 4) is 0 Å². The van der Waals surface area contributed by atoms with E-state index in [2.05, 4.69) is 0 Å². The summed E-state index contributed by atoms with van der Waals surface area (Å²) in [5.74, 6) is 0. The van der Waals surface area contributed by atoms with Crippen LogP contribution in [0.1, 0.15) is 19.8 Å². The third-order valence-corrected chi connectivity index (χ3v) is 4.13. The summed E-state index contributed by atoms with van der Waals surface area (Å²) >= 11 is 0. The van der Waals surface area contributed by atoms with Crippen molar-refractivity contribution in [1.82, 2.24) is 0 Å². The Morgan fingerprint density at radius 1 is 1.05 bits per heavy atom. The fourth-order valence-electron chi connectivity index (χ4n) is 1.79. The standard InChI is InChI=1S/C14H16O3S.CH2O/c1-2-3-11-17-18(15,16)14-10-6-8-12-7-4-5-9-13(12)14;1-2/h4-10H,2-3,11H2,1H3;1H2. The van der Waals surface area contributed by atoms with E-state index in [1.807, 2.05) is 38.0 Å². The first-order chi connectivity index (χ1) is 9.65. The van der Waals surface area contributed by atoms with E-state index in [4.69, 9.17) is 8.98 Å². The molecule has 0 spiro atoms. The third-order valence-electron chi connectivity index (χ3n) is 2.76. The van der Waals surface area contributed by atoms with E-state index < -0.39 is 10.1 Å². The van der Waals surface area contributed by atoms with Crippen LogP contribution in [0.3, 0.4) is 0 Å². The van der Waals surface area contributed by atoms with Gasteiger partial charge in [0.2, 0.25) is 0 Å². The molecule has 5 heteroatoms. The zero-order valence-corrected chi connectivity index (χ0v) is 12.2. The minimum atomic E-state index is -3.66. The first kappa shape index (κ1) is 16.3. The van der Waals surface area contributed by atoms with Gasteiger partial charge in [-0.15, -0.1) is 0 Å². The van der Waals surface area contributed by atoms with Crippen LogP contribution >= 0.6 is 0 Å². The van der Waals surface area contributed by atoms with E-state index in [0.29, 0.717) is 5.39 Å². The Labute approximate surface area is 119 Å². The van der Waals surface area contributed by atoms with Gasteiger partial charge < -0.3 is 4.79 Å². The topological polar surface area (TPSA) is 60.4 Å². The largest absolute Gasteiger partial charge is 0.307 e. The molecule has 2 aromatic rings. The Kier molecular flexibility index (Phi) is 6.35. The van der Waals surface area contributed by atoms with Crippen LogP contribution < -0.4 is 0 Å². The van der Waals surface area contributed by atoms with Crippen LogP contribution in [-0.4, -0.2) is 21.8 Å². The molecule has 0 aliphatic heterocycles. The molecule has 0 fully saturated rings. The van der Waals surface area contributed by atoms with Gasteiger partial charge in [0, 0.05) is 5.39 Å². The van der Waals surface area contributed by atoms with Gasteiger partial charge in [-0.3, -0.25) is 4.18 Å². The highest BCUT2D eigenvalue weighted by atomic mass is 32.2. The second-order valence-electron chi connectivity index (χ2n) is 4.11. The van der Waals surface area contributed by atoms with E-state index in [-0.39, 0.29) is 11.5 Å². The van der Waals surface area contributed by atoms with Crippen molar-refractivity contribution in [2.45, 2.75) is 24.7 Å². The van der Waals surface area contributed by atoms with Crippen LogP contribution in [0.2, 0.25) is 0 Å². The summed E-state index contributed by atoms with van der Waals surface area (Å²) in [4.78, 5) is 8.25. The molecule has 0 N–H and O–H groups in total. The molecule has 0 aliphatic carbocycles.